The molecule has 0 aliphatic rings. The summed E-state index contributed by atoms with van der Waals surface area (Å²) in [5.41, 5.74) is 6.75. The Hall–Kier alpha value is -6.41. The topological polar surface area (TPSA) is 316 Å². The minimum absolute atomic E-state index is 0.0331. The molecule has 12 N–H and O–H groups in total. The first-order valence-corrected chi connectivity index (χ1v) is 23.5. The number of carboxylic acids is 1. The van der Waals surface area contributed by atoms with Crippen LogP contribution in [0.25, 0.3) is 0 Å². The molecule has 0 radical (unpaired) electrons. The zero-order valence-corrected chi connectivity index (χ0v) is 41.3. The highest BCUT2D eigenvalue weighted by Gasteiger charge is 2.36. The molecule has 0 spiro atoms. The van der Waals surface area contributed by atoms with Gasteiger partial charge in [-0.1, -0.05) is 116 Å². The molecule has 0 aliphatic carbocycles. The van der Waals surface area contributed by atoms with Crippen molar-refractivity contribution in [3.63, 3.8) is 0 Å². The van der Waals surface area contributed by atoms with E-state index in [1.807, 2.05) is 27.7 Å². The maximum absolute atomic E-state index is 14.2. The summed E-state index contributed by atoms with van der Waals surface area (Å²) in [6.45, 7) is 14.7. The molecule has 2 aromatic carbocycles. The molecule has 0 aromatic heterocycles. The first-order valence-electron chi connectivity index (χ1n) is 23.5. The number of hydrogen-bond donors (Lipinski definition) is 11. The van der Waals surface area contributed by atoms with Gasteiger partial charge in [-0.15, -0.1) is 0 Å². The second kappa shape index (κ2) is 29.5. The average Bonchev–Trinajstić information content (AvgIpc) is 3.27. The van der Waals surface area contributed by atoms with Gasteiger partial charge in [0, 0.05) is 12.8 Å². The van der Waals surface area contributed by atoms with Gasteiger partial charge in [-0.3, -0.25) is 38.4 Å². The van der Waals surface area contributed by atoms with E-state index in [0.29, 0.717) is 11.1 Å². The van der Waals surface area contributed by atoms with Crippen molar-refractivity contribution in [1.29, 1.82) is 0 Å². The summed E-state index contributed by atoms with van der Waals surface area (Å²) in [6, 6.07) is 9.40. The molecule has 20 nitrogen and oxygen atoms in total. The molecule has 2 aromatic rings. The van der Waals surface area contributed by atoms with E-state index in [9.17, 15) is 53.4 Å². The fourth-order valence-electron chi connectivity index (χ4n) is 7.32. The number of carboxylic acid groups (broad SMARTS) is 1. The van der Waals surface area contributed by atoms with E-state index in [4.69, 9.17) is 5.73 Å². The summed E-state index contributed by atoms with van der Waals surface area (Å²) in [5.74, 6) is -9.31. The van der Waals surface area contributed by atoms with Crippen LogP contribution in [0.1, 0.15) is 92.7 Å². The highest BCUT2D eigenvalue weighted by molar-refractivity contribution is 6.02. The SMILES string of the molecule is CC(C)C[C@@H](C(=O)NCN)C(=O)N[C@@H](CC(C)C)C(=O)NCC(=O)N[C@@H](Cc1ccccc1)C(=O)N[C@H](C(=O)N[C@@H](Cc1ccccc1)C(=O)N[C@H](C(=O)N[C@@H](CC(C)C)C(=O)O)[C@H](C)O)C(C)C. The van der Waals surface area contributed by atoms with Crippen molar-refractivity contribution >= 4 is 53.2 Å². The van der Waals surface area contributed by atoms with Crippen LogP contribution in [0, 0.1) is 29.6 Å². The van der Waals surface area contributed by atoms with Gasteiger partial charge in [-0.05, 0) is 61.0 Å². The van der Waals surface area contributed by atoms with Crippen LogP contribution in [0.2, 0.25) is 0 Å². The van der Waals surface area contributed by atoms with Crippen molar-refractivity contribution in [1.82, 2.24) is 42.5 Å². The second-order valence-corrected chi connectivity index (χ2v) is 18.9. The maximum atomic E-state index is 14.2. The average molecular weight is 966 g/mol. The van der Waals surface area contributed by atoms with Crippen LogP contribution in [0.3, 0.4) is 0 Å². The molecule has 0 heterocycles. The van der Waals surface area contributed by atoms with Gasteiger partial charge in [0.05, 0.1) is 19.3 Å². The van der Waals surface area contributed by atoms with Gasteiger partial charge < -0.3 is 58.5 Å². The summed E-state index contributed by atoms with van der Waals surface area (Å²) in [5, 5.41) is 40.8. The molecule has 0 unspecified atom stereocenters. The lowest BCUT2D eigenvalue weighted by atomic mass is 9.94. The summed E-state index contributed by atoms with van der Waals surface area (Å²) >= 11 is 0. The van der Waals surface area contributed by atoms with E-state index in [1.54, 1.807) is 88.4 Å². The lowest BCUT2D eigenvalue weighted by Crippen LogP contribution is -2.62. The molecule has 20 heteroatoms. The van der Waals surface area contributed by atoms with Crippen LogP contribution < -0.4 is 48.3 Å². The van der Waals surface area contributed by atoms with Crippen molar-refractivity contribution in [3.8, 4) is 0 Å². The Morgan fingerprint density at radius 3 is 1.36 bits per heavy atom. The normalized spacial score (nSPS) is 14.8. The fourth-order valence-corrected chi connectivity index (χ4v) is 7.32. The number of rotatable bonds is 29. The predicted octanol–water partition coefficient (Wildman–Crippen LogP) is 0.405. The van der Waals surface area contributed by atoms with Gasteiger partial charge >= 0.3 is 5.97 Å². The number of aliphatic hydroxyl groups excluding tert-OH is 1. The van der Waals surface area contributed by atoms with Crippen molar-refractivity contribution in [2.24, 2.45) is 35.3 Å². The van der Waals surface area contributed by atoms with E-state index in [-0.39, 0.29) is 56.5 Å². The number of carbonyl (C=O) groups is 9. The van der Waals surface area contributed by atoms with E-state index >= 15 is 0 Å². The molecule has 2 rings (SSSR count). The summed E-state index contributed by atoms with van der Waals surface area (Å²) in [6.07, 6.45) is -1.13. The highest BCUT2D eigenvalue weighted by atomic mass is 16.4. The number of carbonyl (C=O) groups excluding carboxylic acids is 8. The summed E-state index contributed by atoms with van der Waals surface area (Å²) in [4.78, 5) is 121. The number of aliphatic carboxylic acids is 1. The third-order valence-corrected chi connectivity index (χ3v) is 10.9. The molecule has 0 saturated carbocycles. The molecule has 0 aliphatic heterocycles. The number of nitrogens with two attached hydrogens (primary N) is 1. The molecule has 69 heavy (non-hydrogen) atoms. The Kier molecular flexibility index (Phi) is 25.1. The molecule has 8 amide bonds. The smallest absolute Gasteiger partial charge is 0.326 e. The monoisotopic (exact) mass is 966 g/mol. The van der Waals surface area contributed by atoms with Gasteiger partial charge in [0.1, 0.15) is 42.2 Å². The third kappa shape index (κ3) is 21.2. The first kappa shape index (κ1) is 58.7. The standard InChI is InChI=1S/C49H75N9O11/c1-27(2)20-34(42(61)52-26-50)43(62)54-35(21-28(3)4)44(63)51-25-39(60)53-36(23-32-16-12-10-13-17-32)45(64)57-40(30(7)8)47(66)55-37(24-33-18-14-11-15-19-33)46(65)58-41(31(9)59)48(67)56-38(49(68)69)22-29(5)6/h10-19,27-31,34-38,40-41,59H,20-26,50H2,1-9H3,(H,51,63)(H,52,61)(H,53,60)(H,54,62)(H,55,66)(H,56,67)(H,57,64)(H,58,65)(H,68,69)/t31-,34-,35-,36-,37-,38-,40-,41-/m0/s1. The van der Waals surface area contributed by atoms with Crippen LogP contribution in [-0.2, 0) is 56.0 Å². The van der Waals surface area contributed by atoms with Crippen LogP contribution in [0.15, 0.2) is 60.7 Å². The molecule has 0 bridgehead atoms. The number of aliphatic hydroxyl groups is 1. The molecular formula is C49H75N9O11. The molecule has 8 atom stereocenters. The van der Waals surface area contributed by atoms with Crippen molar-refractivity contribution < 1.29 is 53.4 Å². The van der Waals surface area contributed by atoms with Gasteiger partial charge in [0.2, 0.25) is 47.3 Å². The zero-order chi connectivity index (χ0) is 52.0. The maximum Gasteiger partial charge on any atom is 0.326 e. The molecule has 382 valence electrons. The number of amides is 8. The zero-order valence-electron chi connectivity index (χ0n) is 41.3. The van der Waals surface area contributed by atoms with E-state index in [0.717, 1.165) is 0 Å². The van der Waals surface area contributed by atoms with Crippen LogP contribution >= 0.6 is 0 Å². The molecule has 0 fully saturated rings. The van der Waals surface area contributed by atoms with Crippen molar-refractivity contribution in [2.75, 3.05) is 13.2 Å². The third-order valence-electron chi connectivity index (χ3n) is 10.9. The Balaban J connectivity index is 2.35. The summed E-state index contributed by atoms with van der Waals surface area (Å²) < 4.78 is 0. The number of nitrogens with one attached hydrogen (secondary N) is 8. The second-order valence-electron chi connectivity index (χ2n) is 18.9. The van der Waals surface area contributed by atoms with Gasteiger partial charge in [-0.2, -0.15) is 0 Å². The van der Waals surface area contributed by atoms with Crippen molar-refractivity contribution in [3.05, 3.63) is 71.8 Å². The quantitative estimate of drug-likeness (QED) is 0.0390. The number of benzene rings is 2. The van der Waals surface area contributed by atoms with E-state index < -0.39 is 114 Å². The Labute approximate surface area is 405 Å². The van der Waals surface area contributed by atoms with Crippen LogP contribution in [-0.4, -0.2) is 119 Å². The van der Waals surface area contributed by atoms with Crippen molar-refractivity contribution in [2.45, 2.75) is 137 Å². The Bertz CT molecular complexity index is 2020. The van der Waals surface area contributed by atoms with E-state index in [2.05, 4.69) is 42.5 Å². The van der Waals surface area contributed by atoms with Gasteiger partial charge in [0.15, 0.2) is 0 Å². The minimum atomic E-state index is -1.61. The lowest BCUT2D eigenvalue weighted by Gasteiger charge is -2.29. The van der Waals surface area contributed by atoms with Gasteiger partial charge in [0.25, 0.3) is 0 Å². The molecular weight excluding hydrogens is 891 g/mol. The number of hydrogen-bond acceptors (Lipinski definition) is 11. The van der Waals surface area contributed by atoms with Crippen LogP contribution in [0.5, 0.6) is 0 Å². The minimum Gasteiger partial charge on any atom is -0.480 e. The highest BCUT2D eigenvalue weighted by Crippen LogP contribution is 2.15. The van der Waals surface area contributed by atoms with Gasteiger partial charge in [-0.25, -0.2) is 4.79 Å². The largest absolute Gasteiger partial charge is 0.480 e. The summed E-state index contributed by atoms with van der Waals surface area (Å²) in [7, 11) is 0. The fraction of sp³-hybridized carbons (Fsp3) is 0.571. The Morgan fingerprint density at radius 1 is 0.478 bits per heavy atom. The van der Waals surface area contributed by atoms with Crippen LogP contribution in [0.4, 0.5) is 0 Å². The first-order chi connectivity index (χ1) is 32.4. The van der Waals surface area contributed by atoms with E-state index in [1.165, 1.54) is 6.92 Å². The molecule has 0 saturated heterocycles. The Morgan fingerprint density at radius 2 is 0.913 bits per heavy atom. The lowest BCUT2D eigenvalue weighted by molar-refractivity contribution is -0.143. The predicted molar refractivity (Wildman–Crippen MR) is 258 cm³/mol.